The quantitative estimate of drug-likeness (QED) is 0.816. The van der Waals surface area contributed by atoms with E-state index in [0.29, 0.717) is 11.8 Å². The van der Waals surface area contributed by atoms with Crippen molar-refractivity contribution in [1.29, 1.82) is 0 Å². The highest BCUT2D eigenvalue weighted by Crippen LogP contribution is 2.22. The molecule has 0 bridgehead atoms. The van der Waals surface area contributed by atoms with Gasteiger partial charge in [-0.15, -0.1) is 0 Å². The largest absolute Gasteiger partial charge is 0.545 e. The molecule has 2 rings (SSSR count). The van der Waals surface area contributed by atoms with Crippen LogP contribution in [0.2, 0.25) is 0 Å². The molecule has 0 fully saturated rings. The standard InChI is InChI=1S/C14H11NO3/c16-13(8-9-14(17)18)15-12-7-3-5-10-4-1-2-6-11(10)12/h1-9H,(H,15,16)(H,17,18)/p-1/b9-8+. The zero-order valence-electron chi connectivity index (χ0n) is 9.42. The van der Waals surface area contributed by atoms with Crippen LogP contribution in [0.1, 0.15) is 0 Å². The second-order valence-electron chi connectivity index (χ2n) is 3.67. The summed E-state index contributed by atoms with van der Waals surface area (Å²) >= 11 is 0. The van der Waals surface area contributed by atoms with Crippen LogP contribution in [0.4, 0.5) is 5.69 Å². The van der Waals surface area contributed by atoms with E-state index in [-0.39, 0.29) is 0 Å². The number of nitrogens with one attached hydrogen (secondary N) is 1. The minimum Gasteiger partial charge on any atom is -0.545 e. The predicted octanol–water partition coefficient (Wildman–Crippen LogP) is 1.08. The molecule has 2 aromatic rings. The highest BCUT2D eigenvalue weighted by atomic mass is 16.4. The second kappa shape index (κ2) is 5.14. The van der Waals surface area contributed by atoms with E-state index < -0.39 is 11.9 Å². The van der Waals surface area contributed by atoms with Crippen LogP contribution in [0.5, 0.6) is 0 Å². The van der Waals surface area contributed by atoms with Gasteiger partial charge in [0, 0.05) is 17.1 Å². The van der Waals surface area contributed by atoms with Crippen LogP contribution in [-0.4, -0.2) is 11.9 Å². The van der Waals surface area contributed by atoms with Gasteiger partial charge in [-0.05, 0) is 17.5 Å². The Hall–Kier alpha value is -2.62. The number of anilines is 1. The Kier molecular flexibility index (Phi) is 3.38. The molecule has 0 atom stereocenters. The van der Waals surface area contributed by atoms with Crippen LogP contribution in [0.15, 0.2) is 54.6 Å². The van der Waals surface area contributed by atoms with E-state index in [2.05, 4.69) is 5.32 Å². The number of rotatable bonds is 3. The normalized spacial score (nSPS) is 10.7. The summed E-state index contributed by atoms with van der Waals surface area (Å²) in [7, 11) is 0. The van der Waals surface area contributed by atoms with Gasteiger partial charge in [-0.25, -0.2) is 0 Å². The second-order valence-corrected chi connectivity index (χ2v) is 3.67. The molecule has 0 saturated carbocycles. The molecule has 0 spiro atoms. The van der Waals surface area contributed by atoms with Gasteiger partial charge in [-0.3, -0.25) is 4.79 Å². The summed E-state index contributed by atoms with van der Waals surface area (Å²) in [6.45, 7) is 0. The first-order valence-electron chi connectivity index (χ1n) is 5.34. The zero-order valence-corrected chi connectivity index (χ0v) is 9.42. The molecule has 0 aliphatic heterocycles. The van der Waals surface area contributed by atoms with Crippen molar-refractivity contribution in [3.8, 4) is 0 Å². The predicted molar refractivity (Wildman–Crippen MR) is 66.7 cm³/mol. The van der Waals surface area contributed by atoms with Gasteiger partial charge in [0.2, 0.25) is 5.91 Å². The molecular formula is C14H10NO3-. The monoisotopic (exact) mass is 240 g/mol. The van der Waals surface area contributed by atoms with Crippen molar-refractivity contribution >= 4 is 28.3 Å². The Morgan fingerprint density at radius 1 is 1.00 bits per heavy atom. The highest BCUT2D eigenvalue weighted by Gasteiger charge is 2.02. The van der Waals surface area contributed by atoms with Crippen LogP contribution in [0, 0.1) is 0 Å². The van der Waals surface area contributed by atoms with Crippen LogP contribution in [0.3, 0.4) is 0 Å². The number of carboxylic acid groups (broad SMARTS) is 1. The van der Waals surface area contributed by atoms with Crippen LogP contribution >= 0.6 is 0 Å². The zero-order chi connectivity index (χ0) is 13.0. The molecule has 18 heavy (non-hydrogen) atoms. The van der Waals surface area contributed by atoms with Gasteiger partial charge >= 0.3 is 0 Å². The lowest BCUT2D eigenvalue weighted by atomic mass is 10.1. The summed E-state index contributed by atoms with van der Waals surface area (Å²) < 4.78 is 0. The number of hydrogen-bond donors (Lipinski definition) is 1. The van der Waals surface area contributed by atoms with E-state index in [4.69, 9.17) is 0 Å². The molecule has 0 aromatic heterocycles. The van der Waals surface area contributed by atoms with E-state index in [1.807, 2.05) is 36.4 Å². The van der Waals surface area contributed by atoms with Crippen molar-refractivity contribution in [1.82, 2.24) is 0 Å². The minimum absolute atomic E-state index is 0.504. The first-order valence-corrected chi connectivity index (χ1v) is 5.34. The molecule has 4 heteroatoms. The molecule has 4 nitrogen and oxygen atoms in total. The maximum absolute atomic E-state index is 11.5. The summed E-state index contributed by atoms with van der Waals surface area (Å²) in [5.41, 5.74) is 0.640. The number of fused-ring (bicyclic) bond motifs is 1. The Morgan fingerprint density at radius 2 is 1.72 bits per heavy atom. The van der Waals surface area contributed by atoms with E-state index in [0.717, 1.165) is 16.8 Å². The van der Waals surface area contributed by atoms with Crippen molar-refractivity contribution in [2.75, 3.05) is 5.32 Å². The SMILES string of the molecule is O=C([O-])/C=C/C(=O)Nc1cccc2ccccc12. The summed E-state index contributed by atoms with van der Waals surface area (Å²) in [5.74, 6) is -1.90. The summed E-state index contributed by atoms with van der Waals surface area (Å²) in [5, 5.41) is 14.7. The third-order valence-corrected chi connectivity index (χ3v) is 2.42. The molecule has 0 radical (unpaired) electrons. The number of amides is 1. The Bertz CT molecular complexity index is 626. The van der Waals surface area contributed by atoms with Gasteiger partial charge in [0.05, 0.1) is 5.97 Å². The topological polar surface area (TPSA) is 69.2 Å². The fourth-order valence-corrected chi connectivity index (χ4v) is 1.65. The van der Waals surface area contributed by atoms with E-state index in [1.54, 1.807) is 6.07 Å². The number of hydrogen-bond acceptors (Lipinski definition) is 3. The molecule has 0 heterocycles. The first-order chi connectivity index (χ1) is 8.66. The summed E-state index contributed by atoms with van der Waals surface area (Å²) in [4.78, 5) is 21.7. The fourth-order valence-electron chi connectivity index (χ4n) is 1.65. The number of carboxylic acids is 1. The number of carbonyl (C=O) groups is 2. The van der Waals surface area contributed by atoms with Gasteiger partial charge < -0.3 is 15.2 Å². The lowest BCUT2D eigenvalue weighted by Crippen LogP contribution is -2.20. The van der Waals surface area contributed by atoms with Crippen molar-refractivity contribution in [3.05, 3.63) is 54.6 Å². The Labute approximate surface area is 104 Å². The summed E-state index contributed by atoms with van der Waals surface area (Å²) in [6, 6.07) is 13.1. The third kappa shape index (κ3) is 2.74. The first kappa shape index (κ1) is 11.9. The van der Waals surface area contributed by atoms with Gasteiger partial charge in [-0.1, -0.05) is 36.4 Å². The van der Waals surface area contributed by atoms with E-state index in [9.17, 15) is 14.7 Å². The molecule has 0 aliphatic carbocycles. The van der Waals surface area contributed by atoms with Gasteiger partial charge in [0.1, 0.15) is 0 Å². The highest BCUT2D eigenvalue weighted by molar-refractivity contribution is 6.07. The molecule has 90 valence electrons. The van der Waals surface area contributed by atoms with Gasteiger partial charge in [0.15, 0.2) is 0 Å². The Morgan fingerprint density at radius 3 is 2.50 bits per heavy atom. The van der Waals surface area contributed by atoms with Crippen molar-refractivity contribution in [2.24, 2.45) is 0 Å². The molecule has 2 aromatic carbocycles. The van der Waals surface area contributed by atoms with E-state index in [1.165, 1.54) is 0 Å². The van der Waals surface area contributed by atoms with Crippen molar-refractivity contribution < 1.29 is 14.7 Å². The molecule has 0 saturated heterocycles. The smallest absolute Gasteiger partial charge is 0.248 e. The molecule has 0 unspecified atom stereocenters. The number of benzene rings is 2. The number of aliphatic carboxylic acids is 1. The molecule has 1 amide bonds. The average molecular weight is 240 g/mol. The van der Waals surface area contributed by atoms with E-state index >= 15 is 0 Å². The summed E-state index contributed by atoms with van der Waals surface area (Å²) in [6.07, 6.45) is 1.62. The molecule has 0 aliphatic rings. The van der Waals surface area contributed by atoms with Crippen molar-refractivity contribution in [2.45, 2.75) is 0 Å². The third-order valence-electron chi connectivity index (χ3n) is 2.42. The maximum atomic E-state index is 11.5. The fraction of sp³-hybridized carbons (Fsp3) is 0. The average Bonchev–Trinajstić information content (AvgIpc) is 2.37. The lowest BCUT2D eigenvalue weighted by molar-refractivity contribution is -0.297. The van der Waals surface area contributed by atoms with Crippen molar-refractivity contribution in [3.63, 3.8) is 0 Å². The number of carbonyl (C=O) groups excluding carboxylic acids is 2. The molecule has 1 N–H and O–H groups in total. The Balaban J connectivity index is 2.27. The minimum atomic E-state index is -1.40. The maximum Gasteiger partial charge on any atom is 0.248 e. The lowest BCUT2D eigenvalue weighted by Gasteiger charge is -2.06. The molecular weight excluding hydrogens is 230 g/mol. The van der Waals surface area contributed by atoms with Crippen LogP contribution < -0.4 is 10.4 Å². The van der Waals surface area contributed by atoms with Crippen LogP contribution in [-0.2, 0) is 9.59 Å². The van der Waals surface area contributed by atoms with Gasteiger partial charge in [-0.2, -0.15) is 0 Å². The van der Waals surface area contributed by atoms with Crippen LogP contribution in [0.25, 0.3) is 10.8 Å². The van der Waals surface area contributed by atoms with Gasteiger partial charge in [0.25, 0.3) is 0 Å².